The summed E-state index contributed by atoms with van der Waals surface area (Å²) in [4.78, 5) is 12.0. The highest BCUT2D eigenvalue weighted by Crippen LogP contribution is 2.26. The van der Waals surface area contributed by atoms with E-state index in [0.29, 0.717) is 18.9 Å². The van der Waals surface area contributed by atoms with Crippen LogP contribution in [0, 0.1) is 5.92 Å². The largest absolute Gasteiger partial charge is 0.351 e. The lowest BCUT2D eigenvalue weighted by molar-refractivity contribution is -0.119. The van der Waals surface area contributed by atoms with Gasteiger partial charge in [0, 0.05) is 12.6 Å². The zero-order valence-electron chi connectivity index (χ0n) is 13.6. The first-order chi connectivity index (χ1) is 9.98. The fraction of sp³-hybridized carbons (Fsp3) is 0.933. The normalized spacial score (nSPS) is 17.5. The molecule has 0 bridgehead atoms. The minimum absolute atomic E-state index is 0. The van der Waals surface area contributed by atoms with Crippen molar-refractivity contribution in [3.05, 3.63) is 0 Å². The highest BCUT2D eigenvalue weighted by molar-refractivity contribution is 7.92. The Hall–Kier alpha value is -0.330. The second-order valence-electron chi connectivity index (χ2n) is 6.11. The highest BCUT2D eigenvalue weighted by Gasteiger charge is 2.25. The van der Waals surface area contributed by atoms with Crippen LogP contribution in [-0.4, -0.2) is 38.4 Å². The van der Waals surface area contributed by atoms with E-state index in [-0.39, 0.29) is 24.2 Å². The number of nitrogens with one attached hydrogen (secondary N) is 1. The van der Waals surface area contributed by atoms with Gasteiger partial charge in [-0.3, -0.25) is 4.79 Å². The van der Waals surface area contributed by atoms with Gasteiger partial charge in [-0.2, -0.15) is 0 Å². The first-order valence-electron chi connectivity index (χ1n) is 8.18. The number of halogens is 1. The third-order valence-corrected chi connectivity index (χ3v) is 5.84. The molecular formula is C15H31ClN2O3S. The summed E-state index contributed by atoms with van der Waals surface area (Å²) in [5.74, 6) is -0.298. The first-order valence-corrected chi connectivity index (χ1v) is 10.0. The van der Waals surface area contributed by atoms with Crippen molar-refractivity contribution in [1.82, 2.24) is 5.32 Å². The molecule has 1 unspecified atom stereocenters. The van der Waals surface area contributed by atoms with Crippen LogP contribution in [0.25, 0.3) is 0 Å². The first kappa shape index (κ1) is 21.7. The van der Waals surface area contributed by atoms with Gasteiger partial charge < -0.3 is 11.1 Å². The van der Waals surface area contributed by atoms with E-state index in [9.17, 15) is 13.2 Å². The minimum Gasteiger partial charge on any atom is -0.351 e. The Bertz CT molecular complexity index is 409. The molecule has 5 nitrogen and oxygen atoms in total. The molecule has 0 heterocycles. The molecule has 1 rings (SSSR count). The Labute approximate surface area is 141 Å². The predicted molar refractivity (Wildman–Crippen MR) is 93.0 cm³/mol. The van der Waals surface area contributed by atoms with E-state index in [0.717, 1.165) is 25.7 Å². The van der Waals surface area contributed by atoms with Crippen LogP contribution in [0.1, 0.15) is 58.3 Å². The van der Waals surface area contributed by atoms with Crippen molar-refractivity contribution < 1.29 is 13.2 Å². The average molecular weight is 355 g/mol. The van der Waals surface area contributed by atoms with E-state index in [4.69, 9.17) is 5.73 Å². The number of unbranched alkanes of at least 4 members (excludes halogenated alkanes) is 2. The van der Waals surface area contributed by atoms with E-state index >= 15 is 0 Å². The van der Waals surface area contributed by atoms with E-state index in [1.165, 1.54) is 19.3 Å². The second-order valence-corrected chi connectivity index (χ2v) is 8.29. The van der Waals surface area contributed by atoms with Crippen molar-refractivity contribution >= 4 is 28.2 Å². The molecule has 0 aliphatic heterocycles. The molecule has 3 N–H and O–H groups in total. The fourth-order valence-corrected chi connectivity index (χ4v) is 4.27. The lowest BCUT2D eigenvalue weighted by atomic mass is 9.84. The molecule has 1 aliphatic rings. The topological polar surface area (TPSA) is 89.3 Å². The van der Waals surface area contributed by atoms with Crippen LogP contribution in [0.15, 0.2) is 0 Å². The maximum atomic E-state index is 12.0. The zero-order valence-corrected chi connectivity index (χ0v) is 15.2. The second kappa shape index (κ2) is 11.2. The number of amides is 1. The van der Waals surface area contributed by atoms with Gasteiger partial charge in [-0.15, -0.1) is 12.4 Å². The molecule has 132 valence electrons. The van der Waals surface area contributed by atoms with E-state index in [2.05, 4.69) is 5.32 Å². The minimum atomic E-state index is -3.29. The summed E-state index contributed by atoms with van der Waals surface area (Å²) in [6, 6.07) is -0.0800. The molecule has 0 aromatic heterocycles. The third-order valence-electron chi connectivity index (χ3n) is 4.23. The molecule has 0 saturated heterocycles. The molecule has 1 fully saturated rings. The van der Waals surface area contributed by atoms with E-state index in [1.807, 2.05) is 6.92 Å². The zero-order chi connectivity index (χ0) is 15.7. The van der Waals surface area contributed by atoms with Gasteiger partial charge in [0.15, 0.2) is 9.84 Å². The number of hydrogen-bond donors (Lipinski definition) is 2. The molecule has 1 saturated carbocycles. The Morgan fingerprint density at radius 3 is 2.41 bits per heavy atom. The number of rotatable bonds is 9. The van der Waals surface area contributed by atoms with Crippen LogP contribution in [0.4, 0.5) is 0 Å². The summed E-state index contributed by atoms with van der Waals surface area (Å²) >= 11 is 0. The number of sulfone groups is 1. The Balaban J connectivity index is 0.00000441. The average Bonchev–Trinajstić information content (AvgIpc) is 2.45. The number of carbonyl (C=O) groups excluding carboxylic acids is 1. The Kier molecular flexibility index (Phi) is 11.1. The van der Waals surface area contributed by atoms with Crippen molar-refractivity contribution in [1.29, 1.82) is 0 Å². The fourth-order valence-electron chi connectivity index (χ4n) is 3.00. The molecule has 22 heavy (non-hydrogen) atoms. The van der Waals surface area contributed by atoms with Gasteiger partial charge in [-0.1, -0.05) is 39.0 Å². The predicted octanol–water partition coefficient (Wildman–Crippen LogP) is 2.04. The van der Waals surface area contributed by atoms with Crippen LogP contribution in [-0.2, 0) is 14.6 Å². The maximum absolute atomic E-state index is 12.0. The molecule has 7 heteroatoms. The highest BCUT2D eigenvalue weighted by atomic mass is 35.5. The van der Waals surface area contributed by atoms with E-state index < -0.39 is 21.5 Å². The number of nitrogens with two attached hydrogens (primary N) is 1. The van der Waals surface area contributed by atoms with Crippen LogP contribution in [0.5, 0.6) is 0 Å². The summed E-state index contributed by atoms with van der Waals surface area (Å²) in [5.41, 5.74) is 5.75. The Morgan fingerprint density at radius 2 is 1.86 bits per heavy atom. The van der Waals surface area contributed by atoms with Crippen molar-refractivity contribution in [3.63, 3.8) is 0 Å². The van der Waals surface area contributed by atoms with Crippen LogP contribution >= 0.6 is 12.4 Å². The molecular weight excluding hydrogens is 324 g/mol. The smallest absolute Gasteiger partial charge is 0.235 e. The molecule has 0 spiro atoms. The summed E-state index contributed by atoms with van der Waals surface area (Å²) in [5, 5.41) is 2.84. The molecule has 1 aliphatic carbocycles. The summed E-state index contributed by atoms with van der Waals surface area (Å²) in [7, 11) is -3.29. The van der Waals surface area contributed by atoms with Gasteiger partial charge in [0.05, 0.1) is 5.75 Å². The van der Waals surface area contributed by atoms with Gasteiger partial charge in [-0.25, -0.2) is 8.42 Å². The van der Waals surface area contributed by atoms with Crippen molar-refractivity contribution in [2.75, 3.05) is 18.1 Å². The van der Waals surface area contributed by atoms with Crippen LogP contribution < -0.4 is 11.1 Å². The maximum Gasteiger partial charge on any atom is 0.235 e. The van der Waals surface area contributed by atoms with Crippen LogP contribution in [0.3, 0.4) is 0 Å². The van der Waals surface area contributed by atoms with Gasteiger partial charge in [0.1, 0.15) is 5.75 Å². The monoisotopic (exact) mass is 354 g/mol. The lowest BCUT2D eigenvalue weighted by Gasteiger charge is -2.30. The molecule has 1 amide bonds. The van der Waals surface area contributed by atoms with Crippen molar-refractivity contribution in [3.8, 4) is 0 Å². The van der Waals surface area contributed by atoms with Gasteiger partial charge in [0.2, 0.25) is 5.91 Å². The molecule has 0 aromatic rings. The summed E-state index contributed by atoms with van der Waals surface area (Å²) < 4.78 is 23.7. The van der Waals surface area contributed by atoms with Crippen molar-refractivity contribution in [2.24, 2.45) is 11.7 Å². The summed E-state index contributed by atoms with van der Waals surface area (Å²) in [6.07, 6.45) is 8.23. The van der Waals surface area contributed by atoms with Crippen LogP contribution in [0.2, 0.25) is 0 Å². The molecule has 0 radical (unpaired) electrons. The van der Waals surface area contributed by atoms with Gasteiger partial charge in [-0.05, 0) is 25.2 Å². The standard InChI is InChI=1S/C15H30N2O3S.ClH/c1-2-3-7-10-21(19,20)12-15(18)17-14(11-16)13-8-5-4-6-9-13;/h13-14H,2-12,16H2,1H3,(H,17,18);1H. The van der Waals surface area contributed by atoms with E-state index in [1.54, 1.807) is 0 Å². The summed E-state index contributed by atoms with van der Waals surface area (Å²) in [6.45, 7) is 2.40. The quantitative estimate of drug-likeness (QED) is 0.620. The molecule has 1 atom stereocenters. The number of carbonyl (C=O) groups is 1. The van der Waals surface area contributed by atoms with Gasteiger partial charge >= 0.3 is 0 Å². The SMILES string of the molecule is CCCCCS(=O)(=O)CC(=O)NC(CN)C1CCCCC1.Cl. The lowest BCUT2D eigenvalue weighted by Crippen LogP contribution is -2.47. The third kappa shape index (κ3) is 8.34. The van der Waals surface area contributed by atoms with Crippen molar-refractivity contribution in [2.45, 2.75) is 64.3 Å². The number of hydrogen-bond acceptors (Lipinski definition) is 4. The van der Waals surface area contributed by atoms with Gasteiger partial charge in [0.25, 0.3) is 0 Å². The molecule has 0 aromatic carbocycles. The Morgan fingerprint density at radius 1 is 1.23 bits per heavy atom.